The smallest absolute Gasteiger partial charge is 0.325 e. The van der Waals surface area contributed by atoms with E-state index in [9.17, 15) is 27.3 Å². The van der Waals surface area contributed by atoms with Crippen LogP contribution < -0.4 is 5.32 Å². The number of carbonyl (C=O) groups excluding carboxylic acids is 1. The summed E-state index contributed by atoms with van der Waals surface area (Å²) in [6.07, 6.45) is 1.68. The maximum absolute atomic E-state index is 12.6. The van der Waals surface area contributed by atoms with Crippen LogP contribution in [0.15, 0.2) is 59.5 Å². The monoisotopic (exact) mass is 433 g/mol. The zero-order valence-electron chi connectivity index (χ0n) is 16.0. The van der Waals surface area contributed by atoms with Gasteiger partial charge in [0.05, 0.1) is 23.4 Å². The van der Waals surface area contributed by atoms with Gasteiger partial charge in [0.2, 0.25) is 15.7 Å². The van der Waals surface area contributed by atoms with E-state index in [1.165, 1.54) is 12.1 Å². The number of carbonyl (C=O) groups is 1. The molecule has 1 saturated heterocycles. The average molecular weight is 433 g/mol. The Bertz CT molecular complexity index is 1020. The van der Waals surface area contributed by atoms with Crippen molar-refractivity contribution >= 4 is 21.4 Å². The van der Waals surface area contributed by atoms with E-state index in [1.807, 2.05) is 35.2 Å². The largest absolute Gasteiger partial charge is 0.341 e. The Morgan fingerprint density at radius 1 is 1.17 bits per heavy atom. The van der Waals surface area contributed by atoms with Gasteiger partial charge in [0.15, 0.2) is 0 Å². The standard InChI is InChI=1S/C21H21F2N3O3S/c22-21(23)30(28,29)17-10-8-16(9-11-17)25-20(27)14-26-12-4-7-19(26)18(13-24)15-5-2-1-3-6-15/h1-3,5-6,8-11,18-19,21H,4,7,12,14H2,(H,25,27)/t18-,19+/m1/s1. The van der Waals surface area contributed by atoms with Crippen molar-refractivity contribution in [2.75, 3.05) is 18.4 Å². The van der Waals surface area contributed by atoms with Crippen LogP contribution in [-0.2, 0) is 14.6 Å². The molecule has 158 valence electrons. The lowest BCUT2D eigenvalue weighted by Gasteiger charge is -2.27. The van der Waals surface area contributed by atoms with Crippen molar-refractivity contribution < 1.29 is 22.0 Å². The van der Waals surface area contributed by atoms with Gasteiger partial charge < -0.3 is 5.32 Å². The Morgan fingerprint density at radius 2 is 1.83 bits per heavy atom. The molecule has 1 fully saturated rings. The van der Waals surface area contributed by atoms with E-state index in [0.717, 1.165) is 30.5 Å². The summed E-state index contributed by atoms with van der Waals surface area (Å²) >= 11 is 0. The third kappa shape index (κ3) is 4.83. The van der Waals surface area contributed by atoms with Crippen LogP contribution in [0.3, 0.4) is 0 Å². The van der Waals surface area contributed by atoms with Gasteiger partial charge in [0.25, 0.3) is 0 Å². The molecule has 0 unspecified atom stereocenters. The van der Waals surface area contributed by atoms with E-state index < -0.39 is 20.5 Å². The lowest BCUT2D eigenvalue weighted by molar-refractivity contribution is -0.117. The van der Waals surface area contributed by atoms with Gasteiger partial charge in [-0.3, -0.25) is 9.69 Å². The maximum Gasteiger partial charge on any atom is 0.341 e. The molecule has 6 nitrogen and oxygen atoms in total. The Morgan fingerprint density at radius 3 is 2.43 bits per heavy atom. The van der Waals surface area contributed by atoms with Crippen molar-refractivity contribution in [2.24, 2.45) is 0 Å². The lowest BCUT2D eigenvalue weighted by Crippen LogP contribution is -2.39. The molecule has 0 aliphatic carbocycles. The number of hydrogen-bond donors (Lipinski definition) is 1. The second kappa shape index (κ2) is 9.32. The van der Waals surface area contributed by atoms with Gasteiger partial charge in [-0.25, -0.2) is 8.42 Å². The molecule has 1 amide bonds. The van der Waals surface area contributed by atoms with Crippen molar-refractivity contribution in [2.45, 2.75) is 35.5 Å². The first-order valence-electron chi connectivity index (χ1n) is 9.43. The molecule has 2 atom stereocenters. The molecule has 0 bridgehead atoms. The highest BCUT2D eigenvalue weighted by Gasteiger charge is 2.33. The second-order valence-electron chi connectivity index (χ2n) is 7.08. The first-order chi connectivity index (χ1) is 14.3. The van der Waals surface area contributed by atoms with Crippen LogP contribution in [0.4, 0.5) is 14.5 Å². The Kier molecular flexibility index (Phi) is 6.80. The fourth-order valence-corrected chi connectivity index (χ4v) is 4.41. The third-order valence-corrected chi connectivity index (χ3v) is 6.54. The molecule has 3 rings (SSSR count). The molecule has 1 heterocycles. The Labute approximate surface area is 174 Å². The summed E-state index contributed by atoms with van der Waals surface area (Å²) in [6.45, 7) is 0.765. The molecule has 1 N–H and O–H groups in total. The number of nitrogens with zero attached hydrogens (tertiary/aromatic N) is 2. The molecule has 2 aromatic carbocycles. The van der Waals surface area contributed by atoms with Gasteiger partial charge >= 0.3 is 5.76 Å². The Balaban J connectivity index is 1.65. The summed E-state index contributed by atoms with van der Waals surface area (Å²) in [7, 11) is -4.67. The number of alkyl halides is 2. The highest BCUT2D eigenvalue weighted by molar-refractivity contribution is 7.91. The number of amides is 1. The van der Waals surface area contributed by atoms with Gasteiger partial charge in [-0.05, 0) is 49.2 Å². The number of halogens is 2. The fraction of sp³-hybridized carbons (Fsp3) is 0.333. The number of anilines is 1. The summed E-state index contributed by atoms with van der Waals surface area (Å²) in [5.41, 5.74) is 1.22. The summed E-state index contributed by atoms with van der Waals surface area (Å²) < 4.78 is 48.1. The van der Waals surface area contributed by atoms with Gasteiger partial charge in [-0.2, -0.15) is 14.0 Å². The molecule has 0 radical (unpaired) electrons. The summed E-state index contributed by atoms with van der Waals surface area (Å²) in [5.74, 6) is -4.17. The predicted octanol–water partition coefficient (Wildman–Crippen LogP) is 3.39. The predicted molar refractivity (Wildman–Crippen MR) is 108 cm³/mol. The van der Waals surface area contributed by atoms with Gasteiger partial charge in [0.1, 0.15) is 0 Å². The summed E-state index contributed by atoms with van der Waals surface area (Å²) in [4.78, 5) is 13.9. The zero-order chi connectivity index (χ0) is 21.7. The first-order valence-corrected chi connectivity index (χ1v) is 11.0. The van der Waals surface area contributed by atoms with E-state index in [0.29, 0.717) is 12.2 Å². The number of nitriles is 1. The highest BCUT2D eigenvalue weighted by Crippen LogP contribution is 2.30. The Hall–Kier alpha value is -2.83. The number of hydrogen-bond acceptors (Lipinski definition) is 5. The van der Waals surface area contributed by atoms with E-state index in [-0.39, 0.29) is 24.4 Å². The minimum Gasteiger partial charge on any atom is -0.325 e. The number of likely N-dealkylation sites (tertiary alicyclic amines) is 1. The molecule has 9 heteroatoms. The maximum atomic E-state index is 12.6. The van der Waals surface area contributed by atoms with Crippen LogP contribution in [0.5, 0.6) is 0 Å². The van der Waals surface area contributed by atoms with E-state index >= 15 is 0 Å². The molecule has 0 spiro atoms. The summed E-state index contributed by atoms with van der Waals surface area (Å²) in [6, 6.07) is 16.3. The van der Waals surface area contributed by atoms with Crippen LogP contribution in [0.2, 0.25) is 0 Å². The SMILES string of the molecule is N#C[C@H](c1ccccc1)[C@@H]1CCCN1CC(=O)Nc1ccc(S(=O)(=O)C(F)F)cc1. The van der Waals surface area contributed by atoms with Crippen LogP contribution in [0, 0.1) is 11.3 Å². The van der Waals surface area contributed by atoms with Crippen LogP contribution in [0.25, 0.3) is 0 Å². The van der Waals surface area contributed by atoms with Crippen LogP contribution in [-0.4, -0.2) is 44.1 Å². The molecule has 1 aliphatic heterocycles. The minimum atomic E-state index is -4.67. The molecule has 2 aromatic rings. The van der Waals surface area contributed by atoms with Crippen molar-refractivity contribution in [3.63, 3.8) is 0 Å². The molecule has 30 heavy (non-hydrogen) atoms. The highest BCUT2D eigenvalue weighted by atomic mass is 32.2. The second-order valence-corrected chi connectivity index (χ2v) is 8.99. The van der Waals surface area contributed by atoms with Crippen LogP contribution >= 0.6 is 0 Å². The molecular weight excluding hydrogens is 412 g/mol. The fourth-order valence-electron chi connectivity index (χ4n) is 3.68. The van der Waals surface area contributed by atoms with Gasteiger partial charge in [-0.1, -0.05) is 30.3 Å². The summed E-state index contributed by atoms with van der Waals surface area (Å²) in [5, 5.41) is 12.3. The number of benzene rings is 2. The topological polar surface area (TPSA) is 90.3 Å². The zero-order valence-corrected chi connectivity index (χ0v) is 16.9. The van der Waals surface area contributed by atoms with E-state index in [1.54, 1.807) is 0 Å². The molecule has 0 aromatic heterocycles. The van der Waals surface area contributed by atoms with Gasteiger partial charge in [0, 0.05) is 11.7 Å². The normalized spacial score (nSPS) is 18.1. The van der Waals surface area contributed by atoms with Crippen LogP contribution in [0.1, 0.15) is 24.3 Å². The first kappa shape index (κ1) is 21.9. The number of sulfone groups is 1. The van der Waals surface area contributed by atoms with Crippen molar-refractivity contribution in [1.82, 2.24) is 4.90 Å². The molecular formula is C21H21F2N3O3S. The molecule has 1 aliphatic rings. The average Bonchev–Trinajstić information content (AvgIpc) is 3.17. The van der Waals surface area contributed by atoms with E-state index in [2.05, 4.69) is 11.4 Å². The van der Waals surface area contributed by atoms with E-state index in [4.69, 9.17) is 0 Å². The van der Waals surface area contributed by atoms with Crippen molar-refractivity contribution in [3.05, 3.63) is 60.2 Å². The third-order valence-electron chi connectivity index (χ3n) is 5.14. The van der Waals surface area contributed by atoms with Crippen molar-refractivity contribution in [3.8, 4) is 6.07 Å². The number of rotatable bonds is 7. The lowest BCUT2D eigenvalue weighted by atomic mass is 9.91. The minimum absolute atomic E-state index is 0.0762. The number of nitrogens with one attached hydrogen (secondary N) is 1. The van der Waals surface area contributed by atoms with Gasteiger partial charge in [-0.15, -0.1) is 0 Å². The molecule has 0 saturated carbocycles. The quantitative estimate of drug-likeness (QED) is 0.723. The van der Waals surface area contributed by atoms with Crippen molar-refractivity contribution in [1.29, 1.82) is 5.26 Å².